The highest BCUT2D eigenvalue weighted by atomic mass is 16.2. The van der Waals surface area contributed by atoms with Crippen molar-refractivity contribution in [1.29, 1.82) is 0 Å². The van der Waals surface area contributed by atoms with Crippen LogP contribution in [0.1, 0.15) is 53.9 Å². The molecule has 1 amide bonds. The minimum atomic E-state index is -0.121. The van der Waals surface area contributed by atoms with E-state index < -0.39 is 0 Å². The summed E-state index contributed by atoms with van der Waals surface area (Å²) in [7, 11) is 0. The maximum Gasteiger partial charge on any atom is 0.226 e. The molecular weight excluding hydrogens is 236 g/mol. The molecule has 0 spiro atoms. The van der Waals surface area contributed by atoms with E-state index in [2.05, 4.69) is 45.3 Å². The zero-order valence-electron chi connectivity index (χ0n) is 13.4. The molecule has 1 heterocycles. The van der Waals surface area contributed by atoms with Gasteiger partial charge in [0, 0.05) is 6.54 Å². The number of rotatable bonds is 6. The van der Waals surface area contributed by atoms with Crippen LogP contribution in [-0.4, -0.2) is 25.5 Å². The first-order valence-corrected chi connectivity index (χ1v) is 7.92. The van der Waals surface area contributed by atoms with Crippen LogP contribution in [0, 0.1) is 23.2 Å². The number of carbonyl (C=O) groups excluding carboxylic acids is 1. The summed E-state index contributed by atoms with van der Waals surface area (Å²) in [5.41, 5.74) is -0.121. The molecule has 1 aliphatic heterocycles. The fourth-order valence-corrected chi connectivity index (χ4v) is 3.29. The van der Waals surface area contributed by atoms with Crippen LogP contribution in [0.5, 0.6) is 0 Å². The molecule has 0 atom stereocenters. The third-order valence-corrected chi connectivity index (χ3v) is 4.93. The Labute approximate surface area is 118 Å². The van der Waals surface area contributed by atoms with E-state index in [0.717, 1.165) is 38.9 Å². The summed E-state index contributed by atoms with van der Waals surface area (Å²) >= 11 is 0. The molecule has 1 saturated heterocycles. The molecule has 0 aliphatic carbocycles. The predicted octanol–water partition coefficient (Wildman–Crippen LogP) is 2.81. The van der Waals surface area contributed by atoms with Gasteiger partial charge < -0.3 is 10.6 Å². The molecule has 0 aromatic carbocycles. The summed E-state index contributed by atoms with van der Waals surface area (Å²) in [6, 6.07) is 0. The summed E-state index contributed by atoms with van der Waals surface area (Å²) in [4.78, 5) is 12.6. The lowest BCUT2D eigenvalue weighted by atomic mass is 9.75. The highest BCUT2D eigenvalue weighted by Crippen LogP contribution is 2.33. The zero-order chi connectivity index (χ0) is 14.5. The molecule has 19 heavy (non-hydrogen) atoms. The second-order valence-corrected chi connectivity index (χ2v) is 6.75. The number of carbonyl (C=O) groups is 1. The van der Waals surface area contributed by atoms with Gasteiger partial charge in [-0.25, -0.2) is 0 Å². The van der Waals surface area contributed by atoms with Crippen molar-refractivity contribution in [2.24, 2.45) is 23.2 Å². The van der Waals surface area contributed by atoms with E-state index in [4.69, 9.17) is 0 Å². The molecule has 0 saturated carbocycles. The molecule has 2 N–H and O–H groups in total. The van der Waals surface area contributed by atoms with Crippen molar-refractivity contribution in [2.75, 3.05) is 19.6 Å². The monoisotopic (exact) mass is 268 g/mol. The molecule has 3 nitrogen and oxygen atoms in total. The largest absolute Gasteiger partial charge is 0.355 e. The molecule has 112 valence electrons. The topological polar surface area (TPSA) is 41.1 Å². The highest BCUT2D eigenvalue weighted by Gasteiger charge is 2.37. The molecule has 1 rings (SSSR count). The Morgan fingerprint density at radius 1 is 1.16 bits per heavy atom. The van der Waals surface area contributed by atoms with Crippen molar-refractivity contribution >= 4 is 5.91 Å². The van der Waals surface area contributed by atoms with Crippen LogP contribution in [0.4, 0.5) is 0 Å². The summed E-state index contributed by atoms with van der Waals surface area (Å²) in [5.74, 6) is 2.08. The van der Waals surface area contributed by atoms with Gasteiger partial charge in [0.1, 0.15) is 0 Å². The molecule has 3 heteroatoms. The predicted molar refractivity (Wildman–Crippen MR) is 81.0 cm³/mol. The van der Waals surface area contributed by atoms with Crippen LogP contribution < -0.4 is 10.6 Å². The van der Waals surface area contributed by atoms with Crippen molar-refractivity contribution in [2.45, 2.75) is 53.9 Å². The summed E-state index contributed by atoms with van der Waals surface area (Å²) in [6.07, 6.45) is 2.90. The van der Waals surface area contributed by atoms with Crippen molar-refractivity contribution < 1.29 is 4.79 Å². The molecule has 0 radical (unpaired) electrons. The average molecular weight is 268 g/mol. The molecule has 0 unspecified atom stereocenters. The minimum Gasteiger partial charge on any atom is -0.355 e. The van der Waals surface area contributed by atoms with E-state index in [1.54, 1.807) is 0 Å². The van der Waals surface area contributed by atoms with E-state index in [-0.39, 0.29) is 11.3 Å². The second kappa shape index (κ2) is 7.28. The Balaban J connectivity index is 2.57. The molecule has 0 aromatic heterocycles. The van der Waals surface area contributed by atoms with Crippen molar-refractivity contribution in [1.82, 2.24) is 10.6 Å². The fourth-order valence-electron chi connectivity index (χ4n) is 3.29. The quantitative estimate of drug-likeness (QED) is 0.778. The Hall–Kier alpha value is -0.570. The lowest BCUT2D eigenvalue weighted by Crippen LogP contribution is -2.48. The normalized spacial score (nSPS) is 19.2. The van der Waals surface area contributed by atoms with Crippen molar-refractivity contribution in [3.05, 3.63) is 0 Å². The first-order chi connectivity index (χ1) is 8.93. The number of hydrogen-bond acceptors (Lipinski definition) is 2. The lowest BCUT2D eigenvalue weighted by Gasteiger charge is -2.36. The van der Waals surface area contributed by atoms with Crippen LogP contribution >= 0.6 is 0 Å². The van der Waals surface area contributed by atoms with Gasteiger partial charge in [-0.15, -0.1) is 0 Å². The molecule has 0 aromatic rings. The van der Waals surface area contributed by atoms with E-state index in [9.17, 15) is 4.79 Å². The Morgan fingerprint density at radius 3 is 2.11 bits per heavy atom. The lowest BCUT2D eigenvalue weighted by molar-refractivity contribution is -0.133. The van der Waals surface area contributed by atoms with E-state index in [0.29, 0.717) is 17.8 Å². The maximum atomic E-state index is 12.6. The van der Waals surface area contributed by atoms with Gasteiger partial charge in [0.15, 0.2) is 0 Å². The van der Waals surface area contributed by atoms with Gasteiger partial charge in [-0.1, -0.05) is 34.6 Å². The van der Waals surface area contributed by atoms with E-state index in [1.807, 2.05) is 0 Å². The number of piperidine rings is 1. The van der Waals surface area contributed by atoms with Gasteiger partial charge in [-0.2, -0.15) is 0 Å². The van der Waals surface area contributed by atoms with Crippen molar-refractivity contribution in [3.8, 4) is 0 Å². The Kier molecular flexibility index (Phi) is 6.31. The zero-order valence-corrected chi connectivity index (χ0v) is 13.4. The second-order valence-electron chi connectivity index (χ2n) is 6.75. The van der Waals surface area contributed by atoms with Crippen LogP contribution in [0.25, 0.3) is 0 Å². The maximum absolute atomic E-state index is 12.6. The summed E-state index contributed by atoms with van der Waals surface area (Å²) in [6.45, 7) is 13.9. The van der Waals surface area contributed by atoms with Gasteiger partial charge in [0.25, 0.3) is 0 Å². The number of hydrogen-bond donors (Lipinski definition) is 2. The van der Waals surface area contributed by atoms with Gasteiger partial charge in [-0.3, -0.25) is 4.79 Å². The molecular formula is C16H32N2O. The van der Waals surface area contributed by atoms with Crippen LogP contribution in [0.15, 0.2) is 0 Å². The highest BCUT2D eigenvalue weighted by molar-refractivity contribution is 5.82. The SMILES string of the molecule is CCC1(C(=O)NCC(C(C)C)C(C)C)CCNCC1. The summed E-state index contributed by atoms with van der Waals surface area (Å²) < 4.78 is 0. The molecule has 0 bridgehead atoms. The first kappa shape index (κ1) is 16.5. The molecule has 1 aliphatic rings. The number of amides is 1. The third kappa shape index (κ3) is 4.20. The third-order valence-electron chi connectivity index (χ3n) is 4.93. The first-order valence-electron chi connectivity index (χ1n) is 7.92. The minimum absolute atomic E-state index is 0.121. The Bertz CT molecular complexity index is 272. The van der Waals surface area contributed by atoms with Gasteiger partial charge in [0.2, 0.25) is 5.91 Å². The van der Waals surface area contributed by atoms with Crippen molar-refractivity contribution in [3.63, 3.8) is 0 Å². The van der Waals surface area contributed by atoms with Gasteiger partial charge in [-0.05, 0) is 50.1 Å². The van der Waals surface area contributed by atoms with Crippen LogP contribution in [-0.2, 0) is 4.79 Å². The summed E-state index contributed by atoms with van der Waals surface area (Å²) in [5, 5.41) is 6.59. The standard InChI is InChI=1S/C16H32N2O/c1-6-16(7-9-17-10-8-16)15(19)18-11-14(12(2)3)13(4)5/h12-14,17H,6-11H2,1-5H3,(H,18,19). The average Bonchev–Trinajstić information content (AvgIpc) is 2.38. The Morgan fingerprint density at radius 2 is 1.68 bits per heavy atom. The van der Waals surface area contributed by atoms with Gasteiger partial charge in [0.05, 0.1) is 5.41 Å². The van der Waals surface area contributed by atoms with Crippen LogP contribution in [0.3, 0.4) is 0 Å². The van der Waals surface area contributed by atoms with E-state index >= 15 is 0 Å². The fraction of sp³-hybridized carbons (Fsp3) is 0.938. The smallest absolute Gasteiger partial charge is 0.226 e. The van der Waals surface area contributed by atoms with Gasteiger partial charge >= 0.3 is 0 Å². The molecule has 1 fully saturated rings. The van der Waals surface area contributed by atoms with Crippen LogP contribution in [0.2, 0.25) is 0 Å². The number of nitrogens with one attached hydrogen (secondary N) is 2. The van der Waals surface area contributed by atoms with E-state index in [1.165, 1.54) is 0 Å².